The second kappa shape index (κ2) is 4.95. The van der Waals surface area contributed by atoms with E-state index in [0.717, 1.165) is 18.1 Å². The van der Waals surface area contributed by atoms with Crippen molar-refractivity contribution in [2.75, 3.05) is 0 Å². The van der Waals surface area contributed by atoms with E-state index in [1.807, 2.05) is 0 Å². The van der Waals surface area contributed by atoms with Crippen molar-refractivity contribution in [2.45, 2.75) is 38.5 Å². The van der Waals surface area contributed by atoms with E-state index in [9.17, 15) is 0 Å². The summed E-state index contributed by atoms with van der Waals surface area (Å²) in [6.45, 7) is 3.58. The molecule has 0 bridgehead atoms. The van der Waals surface area contributed by atoms with E-state index in [2.05, 4.69) is 6.58 Å². The molecule has 1 aliphatic carbocycles. The van der Waals surface area contributed by atoms with Crippen LogP contribution >= 0.6 is 0 Å². The molecule has 2 N–H and O–H groups in total. The van der Waals surface area contributed by atoms with E-state index < -0.39 is 0 Å². The monoisotopic (exact) mass is 178 g/mol. The predicted octanol–water partition coefficient (Wildman–Crippen LogP) is 3.18. The Hall–Kier alpha value is -0.920. The molecule has 0 spiro atoms. The summed E-state index contributed by atoms with van der Waals surface area (Å²) in [4.78, 5) is 0. The highest BCUT2D eigenvalue weighted by Gasteiger charge is 2.18. The Bertz CT molecular complexity index is 214. The molecular weight excluding hydrogens is 160 g/mol. The van der Waals surface area contributed by atoms with E-state index in [0.29, 0.717) is 18.6 Å². The molecule has 0 aromatic rings. The van der Waals surface area contributed by atoms with Crippen molar-refractivity contribution in [1.82, 2.24) is 0 Å². The molecule has 0 atom stereocenters. The Morgan fingerprint density at radius 1 is 1.31 bits per heavy atom. The Labute approximate surface area is 80.1 Å². The fraction of sp³-hybridized carbons (Fsp3) is 0.636. The second-order valence-corrected chi connectivity index (χ2v) is 3.88. The van der Waals surface area contributed by atoms with E-state index in [4.69, 9.17) is 10.8 Å². The lowest BCUT2D eigenvalue weighted by Crippen LogP contribution is -2.17. The standard InChI is InChI=1S/C11H18N2/c1-2-4-10(12)8-11(13)7-9-5-3-6-9/h2,9,12-13H,1,3-8H2. The summed E-state index contributed by atoms with van der Waals surface area (Å²) in [5, 5.41) is 15.2. The van der Waals surface area contributed by atoms with Crippen LogP contribution in [0.2, 0.25) is 0 Å². The Morgan fingerprint density at radius 2 is 2.00 bits per heavy atom. The normalized spacial score (nSPS) is 16.3. The van der Waals surface area contributed by atoms with Gasteiger partial charge in [-0.1, -0.05) is 25.3 Å². The van der Waals surface area contributed by atoms with Crippen LogP contribution < -0.4 is 0 Å². The Morgan fingerprint density at radius 3 is 2.46 bits per heavy atom. The molecule has 0 saturated heterocycles. The van der Waals surface area contributed by atoms with Gasteiger partial charge in [-0.05, 0) is 12.3 Å². The highest BCUT2D eigenvalue weighted by molar-refractivity contribution is 6.02. The van der Waals surface area contributed by atoms with Gasteiger partial charge in [0.05, 0.1) is 0 Å². The zero-order chi connectivity index (χ0) is 9.68. The van der Waals surface area contributed by atoms with Gasteiger partial charge in [0.1, 0.15) is 0 Å². The maximum atomic E-state index is 7.69. The molecule has 2 nitrogen and oxygen atoms in total. The minimum Gasteiger partial charge on any atom is -0.309 e. The lowest BCUT2D eigenvalue weighted by molar-refractivity contribution is 0.326. The molecule has 0 heterocycles. The van der Waals surface area contributed by atoms with Gasteiger partial charge < -0.3 is 10.8 Å². The van der Waals surface area contributed by atoms with Gasteiger partial charge >= 0.3 is 0 Å². The average Bonchev–Trinajstić information content (AvgIpc) is 1.97. The number of allylic oxidation sites excluding steroid dienone is 1. The topological polar surface area (TPSA) is 47.7 Å². The molecule has 1 rings (SSSR count). The molecule has 1 saturated carbocycles. The molecular formula is C11H18N2. The second-order valence-electron chi connectivity index (χ2n) is 3.88. The molecule has 0 radical (unpaired) electrons. The third-order valence-corrected chi connectivity index (χ3v) is 2.58. The van der Waals surface area contributed by atoms with Gasteiger partial charge in [-0.2, -0.15) is 0 Å². The lowest BCUT2D eigenvalue weighted by Gasteiger charge is -2.25. The van der Waals surface area contributed by atoms with Crippen molar-refractivity contribution in [3.63, 3.8) is 0 Å². The molecule has 72 valence electrons. The van der Waals surface area contributed by atoms with Crippen molar-refractivity contribution in [3.05, 3.63) is 12.7 Å². The molecule has 1 fully saturated rings. The largest absolute Gasteiger partial charge is 0.309 e. The van der Waals surface area contributed by atoms with Gasteiger partial charge in [0.2, 0.25) is 0 Å². The Balaban J connectivity index is 2.15. The molecule has 1 aliphatic rings. The van der Waals surface area contributed by atoms with Crippen LogP contribution in [0.15, 0.2) is 12.7 Å². The van der Waals surface area contributed by atoms with Crippen LogP contribution in [0.3, 0.4) is 0 Å². The summed E-state index contributed by atoms with van der Waals surface area (Å²) in [6, 6.07) is 0. The van der Waals surface area contributed by atoms with Gasteiger partial charge in [-0.3, -0.25) is 0 Å². The molecule has 0 amide bonds. The van der Waals surface area contributed by atoms with Crippen LogP contribution in [0.25, 0.3) is 0 Å². The van der Waals surface area contributed by atoms with E-state index in [1.54, 1.807) is 6.08 Å². The number of hydrogen-bond acceptors (Lipinski definition) is 2. The van der Waals surface area contributed by atoms with Crippen LogP contribution in [0.5, 0.6) is 0 Å². The fourth-order valence-electron chi connectivity index (χ4n) is 1.62. The minimum absolute atomic E-state index is 0.558. The van der Waals surface area contributed by atoms with Gasteiger partial charge in [-0.15, -0.1) is 6.58 Å². The molecule has 0 aromatic heterocycles. The fourth-order valence-corrected chi connectivity index (χ4v) is 1.62. The maximum absolute atomic E-state index is 7.69. The lowest BCUT2D eigenvalue weighted by atomic mass is 9.81. The summed E-state index contributed by atoms with van der Waals surface area (Å²) in [5.41, 5.74) is 1.36. The summed E-state index contributed by atoms with van der Waals surface area (Å²) in [6.07, 6.45) is 7.75. The number of rotatable bonds is 6. The maximum Gasteiger partial charge on any atom is 0.0233 e. The number of nitrogens with one attached hydrogen (secondary N) is 2. The highest BCUT2D eigenvalue weighted by atomic mass is 14.5. The van der Waals surface area contributed by atoms with Crippen LogP contribution in [0.4, 0.5) is 0 Å². The first-order valence-electron chi connectivity index (χ1n) is 4.96. The van der Waals surface area contributed by atoms with Gasteiger partial charge in [-0.25, -0.2) is 0 Å². The summed E-state index contributed by atoms with van der Waals surface area (Å²) >= 11 is 0. The summed E-state index contributed by atoms with van der Waals surface area (Å²) in [7, 11) is 0. The van der Waals surface area contributed by atoms with Gasteiger partial charge in [0.15, 0.2) is 0 Å². The molecule has 13 heavy (non-hydrogen) atoms. The first-order chi connectivity index (χ1) is 6.22. The third kappa shape index (κ3) is 3.53. The van der Waals surface area contributed by atoms with Gasteiger partial charge in [0, 0.05) is 24.3 Å². The van der Waals surface area contributed by atoms with Crippen LogP contribution in [-0.4, -0.2) is 11.4 Å². The first-order valence-corrected chi connectivity index (χ1v) is 4.96. The van der Waals surface area contributed by atoms with E-state index in [1.165, 1.54) is 19.3 Å². The quantitative estimate of drug-likeness (QED) is 0.463. The predicted molar refractivity (Wildman–Crippen MR) is 56.8 cm³/mol. The molecule has 0 aromatic carbocycles. The van der Waals surface area contributed by atoms with Crippen molar-refractivity contribution in [3.8, 4) is 0 Å². The molecule has 0 aliphatic heterocycles. The number of hydrogen-bond donors (Lipinski definition) is 2. The molecule has 2 heteroatoms. The zero-order valence-corrected chi connectivity index (χ0v) is 8.10. The summed E-state index contributed by atoms with van der Waals surface area (Å²) in [5.74, 6) is 0.754. The smallest absolute Gasteiger partial charge is 0.0233 e. The minimum atomic E-state index is 0.558. The molecule has 0 unspecified atom stereocenters. The third-order valence-electron chi connectivity index (χ3n) is 2.58. The van der Waals surface area contributed by atoms with E-state index in [-0.39, 0.29) is 0 Å². The van der Waals surface area contributed by atoms with Crippen molar-refractivity contribution in [2.24, 2.45) is 5.92 Å². The average molecular weight is 178 g/mol. The van der Waals surface area contributed by atoms with Crippen LogP contribution in [0, 0.1) is 16.7 Å². The van der Waals surface area contributed by atoms with E-state index >= 15 is 0 Å². The SMILES string of the molecule is C=CCC(=N)CC(=N)CC1CCC1. The van der Waals surface area contributed by atoms with Crippen molar-refractivity contribution >= 4 is 11.4 Å². The highest BCUT2D eigenvalue weighted by Crippen LogP contribution is 2.29. The van der Waals surface area contributed by atoms with Gasteiger partial charge in [0.25, 0.3) is 0 Å². The Kier molecular flexibility index (Phi) is 3.87. The zero-order valence-electron chi connectivity index (χ0n) is 8.10. The van der Waals surface area contributed by atoms with Crippen LogP contribution in [0.1, 0.15) is 38.5 Å². The van der Waals surface area contributed by atoms with Crippen LogP contribution in [-0.2, 0) is 0 Å². The summed E-state index contributed by atoms with van der Waals surface area (Å²) < 4.78 is 0. The first kappa shape index (κ1) is 10.2. The van der Waals surface area contributed by atoms with Crippen molar-refractivity contribution < 1.29 is 0 Å². The van der Waals surface area contributed by atoms with Crippen molar-refractivity contribution in [1.29, 1.82) is 10.8 Å².